The zero-order valence-electron chi connectivity index (χ0n) is 10.0. The Morgan fingerprint density at radius 1 is 1.32 bits per heavy atom. The largest absolute Gasteiger partial charge is 0.468 e. The van der Waals surface area contributed by atoms with Crippen LogP contribution in [0.15, 0.2) is 45.5 Å². The second kappa shape index (κ2) is 4.73. The van der Waals surface area contributed by atoms with Gasteiger partial charge in [0.05, 0.1) is 11.2 Å². The molecule has 7 nitrogen and oxygen atoms in total. The molecule has 0 bridgehead atoms. The summed E-state index contributed by atoms with van der Waals surface area (Å²) in [7, 11) is 0. The SMILES string of the molecule is Cc1occc1Sc1nc(N)nc(-n2ccnc2)n1. The molecule has 2 N–H and O–H groups in total. The molecule has 0 unspecified atom stereocenters. The monoisotopic (exact) mass is 274 g/mol. The van der Waals surface area contributed by atoms with Crippen LogP contribution in [-0.4, -0.2) is 24.5 Å². The van der Waals surface area contributed by atoms with Crippen molar-refractivity contribution in [2.45, 2.75) is 17.0 Å². The van der Waals surface area contributed by atoms with Crippen LogP contribution in [0.4, 0.5) is 5.95 Å². The molecule has 0 saturated carbocycles. The first kappa shape index (κ1) is 11.7. The lowest BCUT2D eigenvalue weighted by atomic mass is 10.5. The van der Waals surface area contributed by atoms with Crippen LogP contribution in [0.3, 0.4) is 0 Å². The molecule has 0 saturated heterocycles. The van der Waals surface area contributed by atoms with E-state index in [1.165, 1.54) is 11.8 Å². The van der Waals surface area contributed by atoms with Crippen molar-refractivity contribution in [3.63, 3.8) is 0 Å². The highest BCUT2D eigenvalue weighted by Crippen LogP contribution is 2.28. The highest BCUT2D eigenvalue weighted by molar-refractivity contribution is 7.99. The van der Waals surface area contributed by atoms with Crippen molar-refractivity contribution in [1.82, 2.24) is 24.5 Å². The van der Waals surface area contributed by atoms with Gasteiger partial charge in [0.15, 0.2) is 5.16 Å². The average Bonchev–Trinajstić information content (AvgIpc) is 3.01. The minimum absolute atomic E-state index is 0.169. The minimum atomic E-state index is 0.169. The Morgan fingerprint density at radius 3 is 2.89 bits per heavy atom. The van der Waals surface area contributed by atoms with Crippen LogP contribution in [0.2, 0.25) is 0 Å². The van der Waals surface area contributed by atoms with Gasteiger partial charge in [-0.25, -0.2) is 4.98 Å². The Hall–Kier alpha value is -2.35. The van der Waals surface area contributed by atoms with Gasteiger partial charge < -0.3 is 10.2 Å². The average molecular weight is 274 g/mol. The van der Waals surface area contributed by atoms with E-state index in [9.17, 15) is 0 Å². The summed E-state index contributed by atoms with van der Waals surface area (Å²) in [5, 5.41) is 0.515. The number of anilines is 1. The highest BCUT2D eigenvalue weighted by atomic mass is 32.2. The van der Waals surface area contributed by atoms with E-state index in [1.54, 1.807) is 29.6 Å². The van der Waals surface area contributed by atoms with Gasteiger partial charge in [0.1, 0.15) is 12.1 Å². The van der Waals surface area contributed by atoms with Crippen molar-refractivity contribution in [3.05, 3.63) is 36.8 Å². The van der Waals surface area contributed by atoms with E-state index >= 15 is 0 Å². The molecule has 19 heavy (non-hydrogen) atoms. The molecule has 0 spiro atoms. The van der Waals surface area contributed by atoms with Gasteiger partial charge in [-0.2, -0.15) is 15.0 Å². The fraction of sp³-hybridized carbons (Fsp3) is 0.0909. The number of imidazole rings is 1. The van der Waals surface area contributed by atoms with Crippen molar-refractivity contribution in [2.24, 2.45) is 0 Å². The maximum Gasteiger partial charge on any atom is 0.240 e. The summed E-state index contributed by atoms with van der Waals surface area (Å²) in [5.74, 6) is 1.42. The molecule has 0 aromatic carbocycles. The van der Waals surface area contributed by atoms with Gasteiger partial charge >= 0.3 is 0 Å². The zero-order chi connectivity index (χ0) is 13.2. The number of nitrogens with two attached hydrogens (primary N) is 1. The molecule has 3 rings (SSSR count). The molecule has 0 fully saturated rings. The Morgan fingerprint density at radius 2 is 2.21 bits per heavy atom. The van der Waals surface area contributed by atoms with Crippen LogP contribution < -0.4 is 5.73 Å². The molecule has 0 radical (unpaired) electrons. The van der Waals surface area contributed by atoms with Gasteiger partial charge in [-0.3, -0.25) is 4.57 Å². The van der Waals surface area contributed by atoms with Crippen LogP contribution in [0, 0.1) is 6.92 Å². The fourth-order valence-corrected chi connectivity index (χ4v) is 2.26. The van der Waals surface area contributed by atoms with Gasteiger partial charge in [0.25, 0.3) is 0 Å². The molecule has 3 aromatic rings. The number of rotatable bonds is 3. The molecule has 0 amide bonds. The molecule has 0 atom stereocenters. The van der Waals surface area contributed by atoms with Crippen molar-refractivity contribution in [1.29, 1.82) is 0 Å². The summed E-state index contributed by atoms with van der Waals surface area (Å²) >= 11 is 1.38. The Labute approximate surface area is 112 Å². The third-order valence-electron chi connectivity index (χ3n) is 2.37. The summed E-state index contributed by atoms with van der Waals surface area (Å²) in [6.45, 7) is 1.88. The summed E-state index contributed by atoms with van der Waals surface area (Å²) in [6, 6.07) is 1.86. The second-order valence-corrected chi connectivity index (χ2v) is 4.70. The van der Waals surface area contributed by atoms with Crippen LogP contribution in [-0.2, 0) is 0 Å². The molecule has 3 aromatic heterocycles. The van der Waals surface area contributed by atoms with E-state index in [0.717, 1.165) is 10.7 Å². The topological polar surface area (TPSA) is 95.7 Å². The van der Waals surface area contributed by atoms with E-state index < -0.39 is 0 Å². The van der Waals surface area contributed by atoms with E-state index in [2.05, 4.69) is 19.9 Å². The number of nitrogens with zero attached hydrogens (tertiary/aromatic N) is 5. The third-order valence-corrected chi connectivity index (χ3v) is 3.38. The van der Waals surface area contributed by atoms with E-state index in [-0.39, 0.29) is 5.95 Å². The van der Waals surface area contributed by atoms with Crippen molar-refractivity contribution in [2.75, 3.05) is 5.73 Å². The van der Waals surface area contributed by atoms with E-state index in [4.69, 9.17) is 10.2 Å². The Bertz CT molecular complexity index is 693. The minimum Gasteiger partial charge on any atom is -0.468 e. The standard InChI is InChI=1S/C11H10N6OS/c1-7-8(2-5-18-7)19-11-15-9(12)14-10(16-11)17-4-3-13-6-17/h2-6H,1H3,(H2,12,14,15,16). The second-order valence-electron chi connectivity index (χ2n) is 3.69. The van der Waals surface area contributed by atoms with Gasteiger partial charge in [0.2, 0.25) is 11.9 Å². The van der Waals surface area contributed by atoms with Crippen molar-refractivity contribution >= 4 is 17.7 Å². The first-order chi connectivity index (χ1) is 9.22. The zero-order valence-corrected chi connectivity index (χ0v) is 10.8. The normalized spacial score (nSPS) is 10.8. The summed E-state index contributed by atoms with van der Waals surface area (Å²) < 4.78 is 6.90. The summed E-state index contributed by atoms with van der Waals surface area (Å²) in [4.78, 5) is 17.4. The molecule has 0 aliphatic carbocycles. The van der Waals surface area contributed by atoms with E-state index in [0.29, 0.717) is 11.1 Å². The summed E-state index contributed by atoms with van der Waals surface area (Å²) in [5.41, 5.74) is 5.70. The molecule has 3 heterocycles. The van der Waals surface area contributed by atoms with Crippen molar-refractivity contribution < 1.29 is 4.42 Å². The number of aromatic nitrogens is 5. The molecule has 0 aliphatic rings. The van der Waals surface area contributed by atoms with Gasteiger partial charge in [-0.05, 0) is 24.8 Å². The number of furan rings is 1. The van der Waals surface area contributed by atoms with Gasteiger partial charge in [0, 0.05) is 12.4 Å². The van der Waals surface area contributed by atoms with Crippen LogP contribution in [0.5, 0.6) is 0 Å². The summed E-state index contributed by atoms with van der Waals surface area (Å²) in [6.07, 6.45) is 6.62. The van der Waals surface area contributed by atoms with Gasteiger partial charge in [-0.1, -0.05) is 0 Å². The first-order valence-corrected chi connectivity index (χ1v) is 6.26. The van der Waals surface area contributed by atoms with Crippen molar-refractivity contribution in [3.8, 4) is 5.95 Å². The first-order valence-electron chi connectivity index (χ1n) is 5.44. The fourth-order valence-electron chi connectivity index (χ4n) is 1.48. The molecule has 0 aliphatic heterocycles. The van der Waals surface area contributed by atoms with Crippen LogP contribution in [0.1, 0.15) is 5.76 Å². The maximum absolute atomic E-state index is 5.70. The smallest absolute Gasteiger partial charge is 0.240 e. The van der Waals surface area contributed by atoms with Crippen LogP contribution >= 0.6 is 11.8 Å². The molecular formula is C11H10N6OS. The number of hydrogen-bond donors (Lipinski definition) is 1. The lowest BCUT2D eigenvalue weighted by Gasteiger charge is -2.04. The maximum atomic E-state index is 5.70. The Kier molecular flexibility index (Phi) is 2.92. The highest BCUT2D eigenvalue weighted by Gasteiger charge is 2.10. The molecule has 8 heteroatoms. The number of aryl methyl sites for hydroxylation is 1. The van der Waals surface area contributed by atoms with E-state index in [1.807, 2.05) is 13.0 Å². The van der Waals surface area contributed by atoms with Gasteiger partial charge in [-0.15, -0.1) is 0 Å². The number of hydrogen-bond acceptors (Lipinski definition) is 7. The molecular weight excluding hydrogens is 264 g/mol. The predicted molar refractivity (Wildman–Crippen MR) is 68.9 cm³/mol. The quantitative estimate of drug-likeness (QED) is 0.776. The Balaban J connectivity index is 1.96. The van der Waals surface area contributed by atoms with Crippen LogP contribution in [0.25, 0.3) is 5.95 Å². The number of nitrogen functional groups attached to an aromatic ring is 1. The molecule has 96 valence electrons. The third kappa shape index (κ3) is 2.43. The lowest BCUT2D eigenvalue weighted by Crippen LogP contribution is -2.05. The predicted octanol–water partition coefficient (Wildman–Crippen LogP) is 1.69. The lowest BCUT2D eigenvalue weighted by molar-refractivity contribution is 0.527.